The largest absolute Gasteiger partial charge is 0.502 e. The van der Waals surface area contributed by atoms with Crippen LogP contribution >= 0.6 is 15.9 Å². The van der Waals surface area contributed by atoms with E-state index < -0.39 is 10.7 Å². The van der Waals surface area contributed by atoms with Crippen LogP contribution in [-0.4, -0.2) is 21.2 Å². The third kappa shape index (κ3) is 3.49. The van der Waals surface area contributed by atoms with Gasteiger partial charge >= 0.3 is 5.69 Å². The molecular formula is C20H12BrN3O4. The zero-order valence-corrected chi connectivity index (χ0v) is 15.8. The van der Waals surface area contributed by atoms with Gasteiger partial charge in [-0.25, -0.2) is 4.98 Å². The number of aromatic hydroxyl groups is 1. The molecule has 0 radical (unpaired) electrons. The molecule has 4 aromatic rings. The van der Waals surface area contributed by atoms with Crippen molar-refractivity contribution < 1.29 is 14.4 Å². The molecule has 0 aliphatic rings. The van der Waals surface area contributed by atoms with Gasteiger partial charge in [-0.2, -0.15) is 0 Å². The minimum atomic E-state index is -0.646. The Kier molecular flexibility index (Phi) is 4.62. The molecule has 4 rings (SSSR count). The van der Waals surface area contributed by atoms with Crippen LogP contribution in [0.25, 0.3) is 22.6 Å². The molecule has 0 fully saturated rings. The van der Waals surface area contributed by atoms with E-state index in [1.165, 1.54) is 12.3 Å². The van der Waals surface area contributed by atoms with E-state index in [0.29, 0.717) is 21.6 Å². The number of aliphatic imine (C=N–C) groups is 1. The summed E-state index contributed by atoms with van der Waals surface area (Å²) in [5, 5.41) is 21.1. The fourth-order valence-electron chi connectivity index (χ4n) is 2.67. The maximum atomic E-state index is 11.0. The van der Waals surface area contributed by atoms with Gasteiger partial charge in [0, 0.05) is 27.9 Å². The highest BCUT2D eigenvalue weighted by molar-refractivity contribution is 9.10. The lowest BCUT2D eigenvalue weighted by atomic mass is 10.2. The number of phenolic OH excluding ortho intramolecular Hbond substituents is 1. The van der Waals surface area contributed by atoms with Crippen LogP contribution in [0.4, 0.5) is 11.4 Å². The third-order valence-electron chi connectivity index (χ3n) is 4.04. The Hall–Kier alpha value is -3.52. The molecule has 1 aromatic heterocycles. The number of hydrogen-bond donors (Lipinski definition) is 1. The SMILES string of the molecule is O=[N+]([O-])c1cc(Br)cc(C=Nc2ccc(-c3nc4ccccc4o3)cc2)c1O. The van der Waals surface area contributed by atoms with E-state index in [-0.39, 0.29) is 11.3 Å². The van der Waals surface area contributed by atoms with Gasteiger partial charge in [0.2, 0.25) is 11.6 Å². The first-order valence-corrected chi connectivity index (χ1v) is 8.97. The van der Waals surface area contributed by atoms with Crippen LogP contribution in [0.3, 0.4) is 0 Å². The van der Waals surface area contributed by atoms with Gasteiger partial charge in [-0.1, -0.05) is 28.1 Å². The maximum Gasteiger partial charge on any atom is 0.312 e. The Labute approximate surface area is 167 Å². The molecular weight excluding hydrogens is 426 g/mol. The van der Waals surface area contributed by atoms with Crippen LogP contribution in [0.5, 0.6) is 5.75 Å². The number of nitrogens with zero attached hydrogens (tertiary/aromatic N) is 3. The number of halogens is 1. The maximum absolute atomic E-state index is 11.0. The van der Waals surface area contributed by atoms with E-state index >= 15 is 0 Å². The van der Waals surface area contributed by atoms with E-state index in [1.807, 2.05) is 36.4 Å². The number of hydrogen-bond acceptors (Lipinski definition) is 6. The minimum absolute atomic E-state index is 0.240. The Morgan fingerprint density at radius 2 is 1.89 bits per heavy atom. The fourth-order valence-corrected chi connectivity index (χ4v) is 3.14. The quantitative estimate of drug-likeness (QED) is 0.253. The average Bonchev–Trinajstić information content (AvgIpc) is 3.13. The topological polar surface area (TPSA) is 102 Å². The molecule has 0 saturated carbocycles. The first kappa shape index (κ1) is 17.9. The number of rotatable bonds is 4. The van der Waals surface area contributed by atoms with Crippen molar-refractivity contribution in [3.05, 3.63) is 80.8 Å². The second-order valence-corrected chi connectivity index (χ2v) is 6.83. The van der Waals surface area contributed by atoms with Crippen LogP contribution in [0.2, 0.25) is 0 Å². The van der Waals surface area contributed by atoms with Gasteiger partial charge < -0.3 is 9.52 Å². The number of fused-ring (bicyclic) bond motifs is 1. The van der Waals surface area contributed by atoms with Crippen LogP contribution in [-0.2, 0) is 0 Å². The highest BCUT2D eigenvalue weighted by atomic mass is 79.9. The molecule has 1 heterocycles. The zero-order valence-electron chi connectivity index (χ0n) is 14.2. The predicted molar refractivity (Wildman–Crippen MR) is 109 cm³/mol. The standard InChI is InChI=1S/C20H12BrN3O4/c21-14-9-13(19(25)17(10-14)24(26)27)11-22-15-7-5-12(6-8-15)20-23-16-3-1-2-4-18(16)28-20/h1-11,25H. The van der Waals surface area contributed by atoms with Crippen LogP contribution in [0.15, 0.2) is 74.5 Å². The number of benzene rings is 3. The predicted octanol–water partition coefficient (Wildman–Crippen LogP) is 5.62. The lowest BCUT2D eigenvalue weighted by Gasteiger charge is -2.02. The van der Waals surface area contributed by atoms with Crippen molar-refractivity contribution in [3.8, 4) is 17.2 Å². The number of oxazole rings is 1. The average molecular weight is 438 g/mol. The van der Waals surface area contributed by atoms with Crippen molar-refractivity contribution in [2.75, 3.05) is 0 Å². The molecule has 0 bridgehead atoms. The summed E-state index contributed by atoms with van der Waals surface area (Å²) in [5.41, 5.74) is 2.77. The molecule has 0 atom stereocenters. The van der Waals surface area contributed by atoms with Gasteiger partial charge in [-0.15, -0.1) is 0 Å². The number of para-hydroxylation sites is 2. The van der Waals surface area contributed by atoms with E-state index in [9.17, 15) is 15.2 Å². The Morgan fingerprint density at radius 1 is 1.14 bits per heavy atom. The summed E-state index contributed by atoms with van der Waals surface area (Å²) in [6.07, 6.45) is 1.38. The summed E-state index contributed by atoms with van der Waals surface area (Å²) in [5.74, 6) is 0.0806. The molecule has 8 heteroatoms. The number of aromatic nitrogens is 1. The van der Waals surface area contributed by atoms with Crippen molar-refractivity contribution in [1.29, 1.82) is 0 Å². The molecule has 138 valence electrons. The molecule has 3 aromatic carbocycles. The lowest BCUT2D eigenvalue weighted by molar-refractivity contribution is -0.385. The summed E-state index contributed by atoms with van der Waals surface area (Å²) < 4.78 is 6.21. The Bertz CT molecular complexity index is 1180. The van der Waals surface area contributed by atoms with Crippen molar-refractivity contribution >= 4 is 44.6 Å². The number of phenols is 1. The normalized spacial score (nSPS) is 11.3. The number of nitro groups is 1. The van der Waals surface area contributed by atoms with Crippen LogP contribution in [0, 0.1) is 10.1 Å². The van der Waals surface area contributed by atoms with Crippen LogP contribution in [0.1, 0.15) is 5.56 Å². The van der Waals surface area contributed by atoms with Crippen molar-refractivity contribution in [1.82, 2.24) is 4.98 Å². The summed E-state index contributed by atoms with van der Waals surface area (Å²) >= 11 is 3.20. The van der Waals surface area contributed by atoms with Gasteiger partial charge in [-0.05, 0) is 42.5 Å². The summed E-state index contributed by atoms with van der Waals surface area (Å²) in [6.45, 7) is 0. The summed E-state index contributed by atoms with van der Waals surface area (Å²) in [4.78, 5) is 19.1. The molecule has 0 amide bonds. The molecule has 1 N–H and O–H groups in total. The second kappa shape index (κ2) is 7.24. The first-order valence-electron chi connectivity index (χ1n) is 8.18. The Morgan fingerprint density at radius 3 is 2.61 bits per heavy atom. The smallest absolute Gasteiger partial charge is 0.312 e. The molecule has 0 saturated heterocycles. The molecule has 0 aliphatic heterocycles. The molecule has 28 heavy (non-hydrogen) atoms. The fraction of sp³-hybridized carbons (Fsp3) is 0. The Balaban J connectivity index is 1.60. The number of nitro benzene ring substituents is 1. The highest BCUT2D eigenvalue weighted by Crippen LogP contribution is 2.33. The molecule has 0 aliphatic carbocycles. The summed E-state index contributed by atoms with van der Waals surface area (Å²) in [7, 11) is 0. The minimum Gasteiger partial charge on any atom is -0.502 e. The van der Waals surface area contributed by atoms with E-state index in [2.05, 4.69) is 25.9 Å². The van der Waals surface area contributed by atoms with Gasteiger partial charge in [0.25, 0.3) is 0 Å². The van der Waals surface area contributed by atoms with E-state index in [4.69, 9.17) is 4.42 Å². The monoisotopic (exact) mass is 437 g/mol. The summed E-state index contributed by atoms with van der Waals surface area (Å²) in [6, 6.07) is 17.5. The lowest BCUT2D eigenvalue weighted by Crippen LogP contribution is -1.92. The first-order chi connectivity index (χ1) is 13.5. The van der Waals surface area contributed by atoms with Gasteiger partial charge in [0.15, 0.2) is 5.58 Å². The van der Waals surface area contributed by atoms with Crippen molar-refractivity contribution in [3.63, 3.8) is 0 Å². The third-order valence-corrected chi connectivity index (χ3v) is 4.50. The van der Waals surface area contributed by atoms with Gasteiger partial charge in [0.1, 0.15) is 5.52 Å². The van der Waals surface area contributed by atoms with Gasteiger partial charge in [-0.3, -0.25) is 15.1 Å². The van der Waals surface area contributed by atoms with Crippen molar-refractivity contribution in [2.45, 2.75) is 0 Å². The van der Waals surface area contributed by atoms with E-state index in [0.717, 1.165) is 11.1 Å². The van der Waals surface area contributed by atoms with Crippen LogP contribution < -0.4 is 0 Å². The molecule has 7 nitrogen and oxygen atoms in total. The van der Waals surface area contributed by atoms with Crippen molar-refractivity contribution in [2.24, 2.45) is 4.99 Å². The van der Waals surface area contributed by atoms with Gasteiger partial charge in [0.05, 0.1) is 10.6 Å². The second-order valence-electron chi connectivity index (χ2n) is 5.91. The molecule has 0 unspecified atom stereocenters. The zero-order chi connectivity index (χ0) is 19.7. The molecule has 0 spiro atoms. The van der Waals surface area contributed by atoms with E-state index in [1.54, 1.807) is 18.2 Å². The highest BCUT2D eigenvalue weighted by Gasteiger charge is 2.17.